The van der Waals surface area contributed by atoms with E-state index in [0.717, 1.165) is 17.1 Å². The Morgan fingerprint density at radius 1 is 1.00 bits per heavy atom. The summed E-state index contributed by atoms with van der Waals surface area (Å²) < 4.78 is 11.5. The molecule has 3 amide bonds. The van der Waals surface area contributed by atoms with Crippen molar-refractivity contribution in [3.63, 3.8) is 0 Å². The fourth-order valence-electron chi connectivity index (χ4n) is 3.12. The molecule has 1 aliphatic heterocycles. The third-order valence-electron chi connectivity index (χ3n) is 4.50. The second kappa shape index (κ2) is 7.92. The molecular weight excluding hydrogens is 404 g/mol. The summed E-state index contributed by atoms with van der Waals surface area (Å²) in [6.45, 7) is 0. The third-order valence-corrected chi connectivity index (χ3v) is 5.31. The number of rotatable bonds is 5. The Morgan fingerprint density at radius 2 is 1.73 bits per heavy atom. The molecule has 0 aromatic heterocycles. The Morgan fingerprint density at radius 3 is 2.40 bits per heavy atom. The minimum atomic E-state index is -0.514. The van der Waals surface area contributed by atoms with Crippen molar-refractivity contribution in [1.82, 2.24) is 5.32 Å². The number of amides is 3. The normalized spacial score (nSPS) is 14.8. The number of ether oxygens (including phenoxy) is 2. The number of carbonyl (C=O) groups is 3. The second-order valence-electron chi connectivity index (χ2n) is 6.39. The Hall–Kier alpha value is -3.78. The summed E-state index contributed by atoms with van der Waals surface area (Å²) in [5.74, 6) is 0.500. The molecule has 0 bridgehead atoms. The lowest BCUT2D eigenvalue weighted by Crippen LogP contribution is -2.17. The first kappa shape index (κ1) is 19.5. The van der Waals surface area contributed by atoms with Crippen LogP contribution in [-0.2, 0) is 4.79 Å². The number of benzene rings is 3. The fraction of sp³-hybridized carbons (Fsp3) is 0.0455. The number of primary amides is 1. The van der Waals surface area contributed by atoms with Gasteiger partial charge in [-0.15, -0.1) is 0 Å². The average molecular weight is 420 g/mol. The lowest BCUT2D eigenvalue weighted by atomic mass is 10.0. The molecule has 7 nitrogen and oxygen atoms in total. The molecule has 0 aliphatic carbocycles. The molecule has 3 N–H and O–H groups in total. The Bertz CT molecular complexity index is 1240. The van der Waals surface area contributed by atoms with E-state index >= 15 is 0 Å². The van der Waals surface area contributed by atoms with Gasteiger partial charge in [-0.05, 0) is 53.1 Å². The molecule has 150 valence electrons. The van der Waals surface area contributed by atoms with Crippen LogP contribution in [0.5, 0.6) is 17.2 Å². The number of hydrogen-bond acceptors (Lipinski definition) is 6. The Kier molecular flexibility index (Phi) is 5.16. The van der Waals surface area contributed by atoms with Crippen molar-refractivity contribution in [3.05, 3.63) is 70.6 Å². The maximum Gasteiger partial charge on any atom is 0.290 e. The highest BCUT2D eigenvalue weighted by Gasteiger charge is 2.25. The third kappa shape index (κ3) is 3.72. The first-order chi connectivity index (χ1) is 14.5. The Labute approximate surface area is 175 Å². The van der Waals surface area contributed by atoms with Gasteiger partial charge in [-0.3, -0.25) is 19.7 Å². The van der Waals surface area contributed by atoms with Gasteiger partial charge in [-0.1, -0.05) is 30.3 Å². The predicted octanol–water partition coefficient (Wildman–Crippen LogP) is 4.06. The quantitative estimate of drug-likeness (QED) is 0.603. The van der Waals surface area contributed by atoms with Crippen molar-refractivity contribution in [2.45, 2.75) is 0 Å². The van der Waals surface area contributed by atoms with E-state index in [1.54, 1.807) is 42.5 Å². The standard InChI is InChI=1S/C22H16N2O5S/c1-28-18-10-12(11-19-21(26)24-22(27)30-19)6-8-17(18)29-16-9-7-15(20(23)25)13-4-2-3-5-14(13)16/h2-11H,1H3,(H2,23,25)(H,24,26,27)/b19-11-. The second-order valence-corrected chi connectivity index (χ2v) is 7.40. The van der Waals surface area contributed by atoms with E-state index in [4.69, 9.17) is 15.2 Å². The zero-order chi connectivity index (χ0) is 21.3. The van der Waals surface area contributed by atoms with Crippen molar-refractivity contribution in [2.24, 2.45) is 5.73 Å². The first-order valence-corrected chi connectivity index (χ1v) is 9.70. The molecular formula is C22H16N2O5S. The van der Waals surface area contributed by atoms with Crippen molar-refractivity contribution >= 4 is 45.7 Å². The lowest BCUT2D eigenvalue weighted by molar-refractivity contribution is -0.115. The maximum absolute atomic E-state index is 11.7. The molecule has 0 atom stereocenters. The van der Waals surface area contributed by atoms with Crippen LogP contribution in [0.1, 0.15) is 15.9 Å². The molecule has 0 spiro atoms. The number of imide groups is 1. The number of carbonyl (C=O) groups excluding carboxylic acids is 3. The summed E-state index contributed by atoms with van der Waals surface area (Å²) in [5, 5.41) is 3.25. The van der Waals surface area contributed by atoms with Crippen LogP contribution < -0.4 is 20.5 Å². The SMILES string of the molecule is COc1cc(/C=C2\SC(=O)NC2=O)ccc1Oc1ccc(C(N)=O)c2ccccc12. The molecule has 3 aromatic carbocycles. The smallest absolute Gasteiger partial charge is 0.290 e. The Balaban J connectivity index is 1.70. The van der Waals surface area contributed by atoms with Gasteiger partial charge in [0.15, 0.2) is 11.5 Å². The summed E-state index contributed by atoms with van der Waals surface area (Å²) in [6.07, 6.45) is 1.61. The molecule has 3 aromatic rings. The highest BCUT2D eigenvalue weighted by molar-refractivity contribution is 8.18. The van der Waals surface area contributed by atoms with Gasteiger partial charge in [0.1, 0.15) is 5.75 Å². The lowest BCUT2D eigenvalue weighted by Gasteiger charge is -2.14. The van der Waals surface area contributed by atoms with Crippen LogP contribution in [0, 0.1) is 0 Å². The average Bonchev–Trinajstić information content (AvgIpc) is 3.05. The first-order valence-electron chi connectivity index (χ1n) is 8.88. The summed E-state index contributed by atoms with van der Waals surface area (Å²) >= 11 is 0.846. The van der Waals surface area contributed by atoms with Crippen molar-refractivity contribution < 1.29 is 23.9 Å². The van der Waals surface area contributed by atoms with Crippen LogP contribution in [-0.4, -0.2) is 24.2 Å². The van der Waals surface area contributed by atoms with E-state index in [1.165, 1.54) is 7.11 Å². The number of nitrogens with one attached hydrogen (secondary N) is 1. The number of methoxy groups -OCH3 is 1. The van der Waals surface area contributed by atoms with Crippen LogP contribution in [0.2, 0.25) is 0 Å². The van der Waals surface area contributed by atoms with Gasteiger partial charge in [-0.2, -0.15) is 0 Å². The van der Waals surface area contributed by atoms with Crippen molar-refractivity contribution in [3.8, 4) is 17.2 Å². The van der Waals surface area contributed by atoms with E-state index < -0.39 is 17.1 Å². The van der Waals surface area contributed by atoms with Crippen molar-refractivity contribution in [2.75, 3.05) is 7.11 Å². The number of hydrogen-bond donors (Lipinski definition) is 2. The molecule has 0 saturated carbocycles. The molecule has 1 aliphatic rings. The highest BCUT2D eigenvalue weighted by atomic mass is 32.2. The van der Waals surface area contributed by atoms with Gasteiger partial charge in [0.2, 0.25) is 5.91 Å². The molecule has 1 saturated heterocycles. The van der Waals surface area contributed by atoms with Crippen molar-refractivity contribution in [1.29, 1.82) is 0 Å². The highest BCUT2D eigenvalue weighted by Crippen LogP contribution is 2.37. The van der Waals surface area contributed by atoms with E-state index in [1.807, 2.05) is 18.2 Å². The summed E-state index contributed by atoms with van der Waals surface area (Å²) in [6, 6.07) is 15.8. The monoisotopic (exact) mass is 420 g/mol. The summed E-state index contributed by atoms with van der Waals surface area (Å²) in [7, 11) is 1.51. The van der Waals surface area contributed by atoms with E-state index in [0.29, 0.717) is 38.7 Å². The summed E-state index contributed by atoms with van der Waals surface area (Å²) in [4.78, 5) is 35.1. The van der Waals surface area contributed by atoms with Gasteiger partial charge >= 0.3 is 0 Å². The minimum Gasteiger partial charge on any atom is -0.493 e. The molecule has 0 radical (unpaired) electrons. The minimum absolute atomic E-state index is 0.309. The van der Waals surface area contributed by atoms with Gasteiger partial charge in [0, 0.05) is 10.9 Å². The number of nitrogens with two attached hydrogens (primary N) is 1. The molecule has 0 unspecified atom stereocenters. The van der Waals surface area contributed by atoms with E-state index in [2.05, 4.69) is 5.32 Å². The topological polar surface area (TPSA) is 108 Å². The fourth-order valence-corrected chi connectivity index (χ4v) is 3.81. The van der Waals surface area contributed by atoms with Gasteiger partial charge in [0.25, 0.3) is 11.1 Å². The molecule has 1 heterocycles. The zero-order valence-corrected chi connectivity index (χ0v) is 16.6. The van der Waals surface area contributed by atoms with E-state index in [-0.39, 0.29) is 0 Å². The number of thioether (sulfide) groups is 1. The molecule has 1 fully saturated rings. The van der Waals surface area contributed by atoms with Crippen LogP contribution in [0.4, 0.5) is 4.79 Å². The van der Waals surface area contributed by atoms with Crippen LogP contribution >= 0.6 is 11.8 Å². The molecule has 4 rings (SSSR count). The summed E-state index contributed by atoms with van der Waals surface area (Å²) in [5.41, 5.74) is 6.57. The van der Waals surface area contributed by atoms with Gasteiger partial charge < -0.3 is 15.2 Å². The largest absolute Gasteiger partial charge is 0.493 e. The van der Waals surface area contributed by atoms with E-state index in [9.17, 15) is 14.4 Å². The predicted molar refractivity (Wildman–Crippen MR) is 115 cm³/mol. The van der Waals surface area contributed by atoms with Crippen LogP contribution in [0.25, 0.3) is 16.8 Å². The van der Waals surface area contributed by atoms with Crippen LogP contribution in [0.3, 0.4) is 0 Å². The maximum atomic E-state index is 11.7. The number of fused-ring (bicyclic) bond motifs is 1. The molecule has 8 heteroatoms. The zero-order valence-electron chi connectivity index (χ0n) is 15.8. The molecule has 30 heavy (non-hydrogen) atoms. The van der Waals surface area contributed by atoms with Gasteiger partial charge in [-0.25, -0.2) is 0 Å². The van der Waals surface area contributed by atoms with Crippen LogP contribution in [0.15, 0.2) is 59.5 Å². The van der Waals surface area contributed by atoms with Gasteiger partial charge in [0.05, 0.1) is 12.0 Å².